The number of fused-ring (bicyclic) bond motifs is 1. The Labute approximate surface area is 125 Å². The fourth-order valence-electron chi connectivity index (χ4n) is 3.36. The zero-order valence-corrected chi connectivity index (χ0v) is 12.3. The predicted molar refractivity (Wildman–Crippen MR) is 83.1 cm³/mol. The van der Waals surface area contributed by atoms with E-state index >= 15 is 0 Å². The van der Waals surface area contributed by atoms with Crippen molar-refractivity contribution in [1.29, 1.82) is 0 Å². The molecule has 2 atom stereocenters. The van der Waals surface area contributed by atoms with Crippen LogP contribution in [0.2, 0.25) is 0 Å². The van der Waals surface area contributed by atoms with Crippen LogP contribution in [0.3, 0.4) is 0 Å². The number of nitrogens with two attached hydrogens (primary N) is 1. The van der Waals surface area contributed by atoms with Crippen molar-refractivity contribution in [2.45, 2.75) is 37.8 Å². The van der Waals surface area contributed by atoms with Gasteiger partial charge in [-0.1, -0.05) is 25.0 Å². The van der Waals surface area contributed by atoms with Gasteiger partial charge < -0.3 is 15.8 Å². The Morgan fingerprint density at radius 3 is 3.00 bits per heavy atom. The molecular formula is C16H23N3O2. The van der Waals surface area contributed by atoms with Gasteiger partial charge in [-0.25, -0.2) is 0 Å². The van der Waals surface area contributed by atoms with Crippen LogP contribution in [0.15, 0.2) is 24.3 Å². The van der Waals surface area contributed by atoms with Crippen LogP contribution < -0.4 is 11.1 Å². The molecule has 1 aromatic rings. The van der Waals surface area contributed by atoms with Gasteiger partial charge in [0, 0.05) is 12.6 Å². The van der Waals surface area contributed by atoms with Crippen LogP contribution >= 0.6 is 0 Å². The summed E-state index contributed by atoms with van der Waals surface area (Å²) in [7, 11) is 0. The van der Waals surface area contributed by atoms with E-state index in [1.54, 1.807) is 6.07 Å². The lowest BCUT2D eigenvalue weighted by atomic mass is 9.90. The minimum atomic E-state index is -0.000812. The lowest BCUT2D eigenvalue weighted by Crippen LogP contribution is -2.54. The number of carbonyl (C=O) groups excluding carboxylic acids is 1. The number of nitrogen functional groups attached to an aromatic ring is 1. The Bertz CT molecular complexity index is 504. The summed E-state index contributed by atoms with van der Waals surface area (Å²) in [5, 5.41) is 2.91. The molecule has 1 heterocycles. The van der Waals surface area contributed by atoms with Crippen LogP contribution in [0.25, 0.3) is 0 Å². The van der Waals surface area contributed by atoms with Crippen molar-refractivity contribution in [2.75, 3.05) is 30.7 Å². The highest BCUT2D eigenvalue weighted by Crippen LogP contribution is 2.28. The maximum atomic E-state index is 12.3. The summed E-state index contributed by atoms with van der Waals surface area (Å²) >= 11 is 0. The molecular weight excluding hydrogens is 266 g/mol. The largest absolute Gasteiger partial charge is 0.397 e. The zero-order chi connectivity index (χ0) is 14.7. The van der Waals surface area contributed by atoms with Crippen molar-refractivity contribution in [3.63, 3.8) is 0 Å². The van der Waals surface area contributed by atoms with Crippen molar-refractivity contribution < 1.29 is 9.53 Å². The molecule has 1 aromatic carbocycles. The first kappa shape index (κ1) is 14.4. The Kier molecular flexibility index (Phi) is 4.41. The number of ether oxygens (including phenoxy) is 1. The van der Waals surface area contributed by atoms with Gasteiger partial charge >= 0.3 is 0 Å². The van der Waals surface area contributed by atoms with Crippen LogP contribution in [0.5, 0.6) is 0 Å². The van der Waals surface area contributed by atoms with E-state index in [-0.39, 0.29) is 5.91 Å². The Balaban J connectivity index is 1.60. The van der Waals surface area contributed by atoms with Gasteiger partial charge in [0.2, 0.25) is 5.91 Å². The van der Waals surface area contributed by atoms with Crippen molar-refractivity contribution in [1.82, 2.24) is 4.90 Å². The number of benzene rings is 1. The number of amides is 1. The van der Waals surface area contributed by atoms with Crippen molar-refractivity contribution >= 4 is 17.3 Å². The summed E-state index contributed by atoms with van der Waals surface area (Å²) in [6, 6.07) is 7.75. The molecule has 1 amide bonds. The molecule has 0 spiro atoms. The van der Waals surface area contributed by atoms with Gasteiger partial charge in [0.25, 0.3) is 0 Å². The maximum Gasteiger partial charge on any atom is 0.238 e. The molecule has 5 heteroatoms. The molecule has 1 saturated carbocycles. The van der Waals surface area contributed by atoms with E-state index in [9.17, 15) is 4.79 Å². The van der Waals surface area contributed by atoms with Crippen LogP contribution in [0.4, 0.5) is 11.4 Å². The van der Waals surface area contributed by atoms with Gasteiger partial charge in [-0.3, -0.25) is 9.69 Å². The number of carbonyl (C=O) groups is 1. The second kappa shape index (κ2) is 6.45. The molecule has 1 aliphatic heterocycles. The highest BCUT2D eigenvalue weighted by molar-refractivity contribution is 5.95. The second-order valence-electron chi connectivity index (χ2n) is 5.87. The van der Waals surface area contributed by atoms with E-state index in [0.717, 1.165) is 26.0 Å². The van der Waals surface area contributed by atoms with Gasteiger partial charge in [0.15, 0.2) is 0 Å². The van der Waals surface area contributed by atoms with Gasteiger partial charge in [0.05, 0.1) is 30.6 Å². The molecule has 1 aliphatic carbocycles. The lowest BCUT2D eigenvalue weighted by molar-refractivity contribution is -0.124. The molecule has 2 fully saturated rings. The summed E-state index contributed by atoms with van der Waals surface area (Å²) in [5.74, 6) is -0.000812. The number of hydrogen-bond donors (Lipinski definition) is 2. The number of nitrogens with one attached hydrogen (secondary N) is 1. The molecule has 3 N–H and O–H groups in total. The van der Waals surface area contributed by atoms with E-state index in [1.165, 1.54) is 12.8 Å². The van der Waals surface area contributed by atoms with Crippen molar-refractivity contribution in [2.24, 2.45) is 0 Å². The van der Waals surface area contributed by atoms with Crippen LogP contribution in [0.1, 0.15) is 25.7 Å². The minimum absolute atomic E-state index is 0.000812. The first-order valence-corrected chi connectivity index (χ1v) is 7.74. The minimum Gasteiger partial charge on any atom is -0.397 e. The smallest absolute Gasteiger partial charge is 0.238 e. The Morgan fingerprint density at radius 2 is 2.14 bits per heavy atom. The van der Waals surface area contributed by atoms with Crippen LogP contribution in [-0.2, 0) is 9.53 Å². The summed E-state index contributed by atoms with van der Waals surface area (Å²) in [4.78, 5) is 14.5. The zero-order valence-electron chi connectivity index (χ0n) is 12.3. The summed E-state index contributed by atoms with van der Waals surface area (Å²) < 4.78 is 5.84. The first-order chi connectivity index (χ1) is 10.2. The average molecular weight is 289 g/mol. The van der Waals surface area contributed by atoms with E-state index in [1.807, 2.05) is 18.2 Å². The molecule has 1 saturated heterocycles. The van der Waals surface area contributed by atoms with E-state index in [4.69, 9.17) is 10.5 Å². The second-order valence-corrected chi connectivity index (χ2v) is 5.87. The summed E-state index contributed by atoms with van der Waals surface area (Å²) in [5.41, 5.74) is 7.15. The number of hydrogen-bond acceptors (Lipinski definition) is 4. The number of morpholine rings is 1. The molecule has 5 nitrogen and oxygen atoms in total. The average Bonchev–Trinajstić information content (AvgIpc) is 2.50. The lowest BCUT2D eigenvalue weighted by Gasteiger charge is -2.43. The third kappa shape index (κ3) is 3.36. The molecule has 0 bridgehead atoms. The van der Waals surface area contributed by atoms with Crippen LogP contribution in [0, 0.1) is 0 Å². The fourth-order valence-corrected chi connectivity index (χ4v) is 3.36. The number of anilines is 2. The first-order valence-electron chi connectivity index (χ1n) is 7.74. The number of rotatable bonds is 3. The topological polar surface area (TPSA) is 67.6 Å². The summed E-state index contributed by atoms with van der Waals surface area (Å²) in [6.07, 6.45) is 5.03. The van der Waals surface area contributed by atoms with Gasteiger partial charge in [0.1, 0.15) is 0 Å². The number of para-hydroxylation sites is 2. The highest BCUT2D eigenvalue weighted by Gasteiger charge is 2.34. The molecule has 114 valence electrons. The standard InChI is InChI=1S/C16H23N3O2/c17-12-5-1-2-6-13(12)18-16(20)11-19-9-10-21-15-8-4-3-7-14(15)19/h1-2,5-6,14-15H,3-4,7-11,17H2,(H,18,20). The van der Waals surface area contributed by atoms with E-state index < -0.39 is 0 Å². The van der Waals surface area contributed by atoms with Crippen LogP contribution in [-0.4, -0.2) is 42.6 Å². The summed E-state index contributed by atoms with van der Waals surface area (Å²) in [6.45, 7) is 1.97. The molecule has 2 aliphatic rings. The monoisotopic (exact) mass is 289 g/mol. The van der Waals surface area contributed by atoms with E-state index in [0.29, 0.717) is 30.1 Å². The highest BCUT2D eigenvalue weighted by atomic mass is 16.5. The Hall–Kier alpha value is -1.59. The quantitative estimate of drug-likeness (QED) is 0.833. The third-order valence-electron chi connectivity index (χ3n) is 4.43. The molecule has 0 radical (unpaired) electrons. The molecule has 2 unspecified atom stereocenters. The predicted octanol–water partition coefficient (Wildman–Crippen LogP) is 1.85. The van der Waals surface area contributed by atoms with Crippen molar-refractivity contribution in [3.05, 3.63) is 24.3 Å². The SMILES string of the molecule is Nc1ccccc1NC(=O)CN1CCOC2CCCCC21. The number of nitrogens with zero attached hydrogens (tertiary/aromatic N) is 1. The Morgan fingerprint density at radius 1 is 1.33 bits per heavy atom. The molecule has 3 rings (SSSR count). The van der Waals surface area contributed by atoms with Crippen molar-refractivity contribution in [3.8, 4) is 0 Å². The third-order valence-corrected chi connectivity index (χ3v) is 4.43. The molecule has 0 aromatic heterocycles. The molecule has 21 heavy (non-hydrogen) atoms. The van der Waals surface area contributed by atoms with Gasteiger partial charge in [-0.15, -0.1) is 0 Å². The fraction of sp³-hybridized carbons (Fsp3) is 0.562. The normalized spacial score (nSPS) is 26.1. The van der Waals surface area contributed by atoms with E-state index in [2.05, 4.69) is 10.2 Å². The van der Waals surface area contributed by atoms with Gasteiger partial charge in [-0.05, 0) is 25.0 Å². The maximum absolute atomic E-state index is 12.3. The van der Waals surface area contributed by atoms with Gasteiger partial charge in [-0.2, -0.15) is 0 Å².